The number of hydrogen-bond acceptors (Lipinski definition) is 4. The van der Waals surface area contributed by atoms with Crippen molar-refractivity contribution in [3.8, 4) is 0 Å². The smallest absolute Gasteiger partial charge is 0.332 e. The number of rotatable bonds is 4. The van der Waals surface area contributed by atoms with Crippen LogP contribution in [0.4, 0.5) is 10.1 Å². The topological polar surface area (TPSA) is 81.4 Å². The first-order valence-electron chi connectivity index (χ1n) is 5.13. The maximum atomic E-state index is 12.9. The number of halogens is 2. The lowest BCUT2D eigenvalue weighted by Crippen LogP contribution is -2.43. The molecule has 0 bridgehead atoms. The molecule has 0 radical (unpaired) electrons. The number of ether oxygens (including phenoxy) is 1. The zero-order valence-electron chi connectivity index (χ0n) is 9.57. The fourth-order valence-electron chi connectivity index (χ4n) is 1.14. The van der Waals surface area contributed by atoms with Crippen LogP contribution in [0.1, 0.15) is 6.92 Å². The number of hydrogen-bond donors (Lipinski definition) is 2. The highest BCUT2D eigenvalue weighted by atomic mass is 35.5. The summed E-state index contributed by atoms with van der Waals surface area (Å²) in [5.74, 6) is -2.25. The first kappa shape index (κ1) is 14.4. The quantitative estimate of drug-likeness (QED) is 0.641. The minimum absolute atomic E-state index is 0.0430. The third-order valence-corrected chi connectivity index (χ3v) is 2.34. The fraction of sp³-hybridized carbons (Fsp3) is 0.273. The van der Waals surface area contributed by atoms with Gasteiger partial charge < -0.3 is 15.8 Å². The Hall–Kier alpha value is -1.66. The average Bonchev–Trinajstić information content (AvgIpc) is 2.33. The van der Waals surface area contributed by atoms with Gasteiger partial charge in [-0.1, -0.05) is 11.6 Å². The maximum absolute atomic E-state index is 12.9. The van der Waals surface area contributed by atoms with E-state index in [2.05, 4.69) is 10.1 Å². The first-order chi connectivity index (χ1) is 8.45. The first-order valence-corrected chi connectivity index (χ1v) is 5.51. The number of anilines is 1. The Balaban J connectivity index is 2.75. The Morgan fingerprint density at radius 3 is 2.83 bits per heavy atom. The summed E-state index contributed by atoms with van der Waals surface area (Å²) in [6.07, 6.45) is 0. The van der Waals surface area contributed by atoms with Gasteiger partial charge in [0.2, 0.25) is 0 Å². The number of amides is 1. The van der Waals surface area contributed by atoms with Gasteiger partial charge in [0.25, 0.3) is 5.91 Å². The minimum atomic E-state index is -1.48. The molecule has 1 atom stereocenters. The van der Waals surface area contributed by atoms with Crippen LogP contribution in [-0.2, 0) is 14.3 Å². The van der Waals surface area contributed by atoms with Crippen molar-refractivity contribution in [2.45, 2.75) is 13.0 Å². The van der Waals surface area contributed by atoms with Crippen LogP contribution in [0.15, 0.2) is 18.2 Å². The monoisotopic (exact) mass is 274 g/mol. The van der Waals surface area contributed by atoms with E-state index in [1.165, 1.54) is 6.07 Å². The van der Waals surface area contributed by atoms with Crippen molar-refractivity contribution in [1.82, 2.24) is 0 Å². The van der Waals surface area contributed by atoms with Gasteiger partial charge in [-0.05, 0) is 25.1 Å². The maximum Gasteiger partial charge on any atom is 0.332 e. The van der Waals surface area contributed by atoms with E-state index in [0.29, 0.717) is 0 Å². The van der Waals surface area contributed by atoms with Gasteiger partial charge in [0.05, 0.1) is 17.3 Å². The molecule has 0 fully saturated rings. The Morgan fingerprint density at radius 1 is 1.56 bits per heavy atom. The minimum Gasteiger partial charge on any atom is -0.464 e. The summed E-state index contributed by atoms with van der Waals surface area (Å²) in [5, 5.41) is 2.39. The standard InChI is InChI=1S/C11H12ClFN2O3/c1-2-18-11(17)9(14)10(16)15-8-5-6(13)3-4-7(8)12/h3-5,9H,2,14H2,1H3,(H,15,16). The molecule has 0 heterocycles. The molecule has 1 rings (SSSR count). The number of esters is 1. The van der Waals surface area contributed by atoms with Gasteiger partial charge in [0.1, 0.15) is 5.82 Å². The van der Waals surface area contributed by atoms with E-state index in [0.717, 1.165) is 12.1 Å². The van der Waals surface area contributed by atoms with Crippen LogP contribution in [0.5, 0.6) is 0 Å². The number of carbonyl (C=O) groups is 2. The van der Waals surface area contributed by atoms with Gasteiger partial charge >= 0.3 is 5.97 Å². The van der Waals surface area contributed by atoms with Crippen LogP contribution in [0, 0.1) is 5.82 Å². The molecule has 3 N–H and O–H groups in total. The molecule has 5 nitrogen and oxygen atoms in total. The highest BCUT2D eigenvalue weighted by molar-refractivity contribution is 6.33. The van der Waals surface area contributed by atoms with Gasteiger partial charge in [-0.3, -0.25) is 4.79 Å². The fourth-order valence-corrected chi connectivity index (χ4v) is 1.31. The lowest BCUT2D eigenvalue weighted by Gasteiger charge is -2.12. The highest BCUT2D eigenvalue weighted by Gasteiger charge is 2.24. The molecule has 7 heteroatoms. The third kappa shape index (κ3) is 3.68. The van der Waals surface area contributed by atoms with Crippen molar-refractivity contribution in [3.05, 3.63) is 29.0 Å². The summed E-state index contributed by atoms with van der Waals surface area (Å²) < 4.78 is 17.5. The van der Waals surface area contributed by atoms with E-state index >= 15 is 0 Å². The molecule has 1 unspecified atom stereocenters. The molecule has 0 spiro atoms. The average molecular weight is 275 g/mol. The summed E-state index contributed by atoms with van der Waals surface area (Å²) in [6.45, 7) is 1.70. The van der Waals surface area contributed by atoms with E-state index in [-0.39, 0.29) is 17.3 Å². The SMILES string of the molecule is CCOC(=O)C(N)C(=O)Nc1cc(F)ccc1Cl. The molecule has 0 saturated carbocycles. The molecule has 0 saturated heterocycles. The van der Waals surface area contributed by atoms with Crippen molar-refractivity contribution < 1.29 is 18.7 Å². The van der Waals surface area contributed by atoms with Crippen LogP contribution in [0.25, 0.3) is 0 Å². The zero-order valence-corrected chi connectivity index (χ0v) is 10.3. The molecule has 18 heavy (non-hydrogen) atoms. The van der Waals surface area contributed by atoms with Crippen molar-refractivity contribution in [3.63, 3.8) is 0 Å². The van der Waals surface area contributed by atoms with Crippen LogP contribution in [-0.4, -0.2) is 24.5 Å². The predicted molar refractivity (Wildman–Crippen MR) is 64.6 cm³/mol. The van der Waals surface area contributed by atoms with E-state index in [4.69, 9.17) is 17.3 Å². The van der Waals surface area contributed by atoms with Gasteiger partial charge in [-0.2, -0.15) is 0 Å². The lowest BCUT2D eigenvalue weighted by molar-refractivity contribution is -0.146. The van der Waals surface area contributed by atoms with Crippen LogP contribution >= 0.6 is 11.6 Å². The summed E-state index contributed by atoms with van der Waals surface area (Å²) in [6, 6.07) is 1.97. The van der Waals surface area contributed by atoms with E-state index < -0.39 is 23.7 Å². The molecule has 0 aromatic heterocycles. The molecule has 0 aliphatic heterocycles. The van der Waals surface area contributed by atoms with Crippen LogP contribution < -0.4 is 11.1 Å². The Labute approximate surface area is 108 Å². The molecular formula is C11H12ClFN2O3. The van der Waals surface area contributed by atoms with Crippen LogP contribution in [0.3, 0.4) is 0 Å². The third-order valence-electron chi connectivity index (χ3n) is 2.01. The molecule has 1 aromatic rings. The molecular weight excluding hydrogens is 263 g/mol. The molecule has 98 valence electrons. The second-order valence-corrected chi connectivity index (χ2v) is 3.75. The number of carbonyl (C=O) groups excluding carboxylic acids is 2. The normalized spacial score (nSPS) is 11.8. The van der Waals surface area contributed by atoms with Crippen molar-refractivity contribution in [2.24, 2.45) is 5.73 Å². The molecule has 0 aliphatic carbocycles. The predicted octanol–water partition coefficient (Wildman–Crippen LogP) is 1.31. The Bertz CT molecular complexity index is 468. The van der Waals surface area contributed by atoms with Gasteiger partial charge in [0, 0.05) is 0 Å². The van der Waals surface area contributed by atoms with Crippen molar-refractivity contribution in [1.29, 1.82) is 0 Å². The van der Waals surface area contributed by atoms with Gasteiger partial charge in [0.15, 0.2) is 6.04 Å². The van der Waals surface area contributed by atoms with Crippen LogP contribution in [0.2, 0.25) is 5.02 Å². The second-order valence-electron chi connectivity index (χ2n) is 3.34. The van der Waals surface area contributed by atoms with E-state index in [9.17, 15) is 14.0 Å². The van der Waals surface area contributed by atoms with Crippen molar-refractivity contribution >= 4 is 29.2 Å². The number of nitrogens with two attached hydrogens (primary N) is 1. The van der Waals surface area contributed by atoms with E-state index in [1.54, 1.807) is 6.92 Å². The summed E-state index contributed by atoms with van der Waals surface area (Å²) in [7, 11) is 0. The summed E-state index contributed by atoms with van der Waals surface area (Å²) in [4.78, 5) is 22.8. The lowest BCUT2D eigenvalue weighted by atomic mass is 10.2. The number of benzene rings is 1. The second kappa shape index (κ2) is 6.32. The Kier molecular flexibility index (Phi) is 5.06. The largest absolute Gasteiger partial charge is 0.464 e. The number of nitrogens with one attached hydrogen (secondary N) is 1. The Morgan fingerprint density at radius 2 is 2.22 bits per heavy atom. The van der Waals surface area contributed by atoms with Gasteiger partial charge in [-0.15, -0.1) is 0 Å². The molecule has 1 amide bonds. The molecule has 1 aromatic carbocycles. The van der Waals surface area contributed by atoms with Crippen molar-refractivity contribution in [2.75, 3.05) is 11.9 Å². The van der Waals surface area contributed by atoms with E-state index in [1.807, 2.05) is 0 Å². The zero-order chi connectivity index (χ0) is 13.7. The highest BCUT2D eigenvalue weighted by Crippen LogP contribution is 2.22. The molecule has 0 aliphatic rings. The summed E-state index contributed by atoms with van der Waals surface area (Å²) in [5.41, 5.74) is 5.40. The van der Waals surface area contributed by atoms with Gasteiger partial charge in [-0.25, -0.2) is 9.18 Å². The summed E-state index contributed by atoms with van der Waals surface area (Å²) >= 11 is 5.75.